The molecule has 0 saturated heterocycles. The third kappa shape index (κ3) is 4.26. The minimum Gasteiger partial charge on any atom is -0.481 e. The minimum absolute atomic E-state index is 0.0291. The van der Waals surface area contributed by atoms with Gasteiger partial charge in [-0.25, -0.2) is 9.97 Å². The van der Waals surface area contributed by atoms with Gasteiger partial charge in [0.15, 0.2) is 5.13 Å². The Morgan fingerprint density at radius 1 is 1.19 bits per heavy atom. The molecule has 3 aromatic rings. The van der Waals surface area contributed by atoms with Crippen LogP contribution in [0.1, 0.15) is 35.3 Å². The first-order valence-electron chi connectivity index (χ1n) is 8.49. The number of benzene rings is 1. The number of methoxy groups -OCH3 is 1. The average molecular weight is 367 g/mol. The highest BCUT2D eigenvalue weighted by Gasteiger charge is 2.19. The molecule has 1 aromatic carbocycles. The van der Waals surface area contributed by atoms with E-state index in [2.05, 4.69) is 15.3 Å². The Kier molecular flexibility index (Phi) is 5.96. The van der Waals surface area contributed by atoms with E-state index in [4.69, 9.17) is 4.74 Å². The normalized spacial score (nSPS) is 11.8. The van der Waals surface area contributed by atoms with Crippen molar-refractivity contribution >= 4 is 22.4 Å². The third-order valence-electron chi connectivity index (χ3n) is 4.12. The van der Waals surface area contributed by atoms with E-state index in [9.17, 15) is 4.79 Å². The van der Waals surface area contributed by atoms with Gasteiger partial charge in [0.1, 0.15) is 0 Å². The van der Waals surface area contributed by atoms with Crippen molar-refractivity contribution < 1.29 is 9.53 Å². The van der Waals surface area contributed by atoms with Gasteiger partial charge in [0, 0.05) is 29.3 Å². The molecule has 0 fully saturated rings. The fourth-order valence-corrected chi connectivity index (χ4v) is 3.67. The molecule has 5 nitrogen and oxygen atoms in total. The minimum atomic E-state index is -0.179. The largest absolute Gasteiger partial charge is 0.481 e. The van der Waals surface area contributed by atoms with Crippen molar-refractivity contribution in [3.05, 3.63) is 70.9 Å². The fourth-order valence-electron chi connectivity index (χ4n) is 2.83. The molecule has 2 aromatic heterocycles. The smallest absolute Gasteiger partial charge is 0.233 e. The highest BCUT2D eigenvalue weighted by molar-refractivity contribution is 7.15. The van der Waals surface area contributed by atoms with Gasteiger partial charge in [-0.15, -0.1) is 11.3 Å². The average Bonchev–Trinajstić information content (AvgIpc) is 3.10. The third-order valence-corrected chi connectivity index (χ3v) is 5.03. The maximum absolute atomic E-state index is 12.6. The molecular weight excluding hydrogens is 346 g/mol. The Morgan fingerprint density at radius 2 is 2.00 bits per heavy atom. The topological polar surface area (TPSA) is 64.1 Å². The number of nitrogens with zero attached hydrogens (tertiary/aromatic N) is 2. The lowest BCUT2D eigenvalue weighted by Gasteiger charge is -2.14. The van der Waals surface area contributed by atoms with E-state index in [1.165, 1.54) is 11.3 Å². The monoisotopic (exact) mass is 367 g/mol. The van der Waals surface area contributed by atoms with Gasteiger partial charge in [-0.3, -0.25) is 4.79 Å². The van der Waals surface area contributed by atoms with E-state index in [-0.39, 0.29) is 11.8 Å². The Balaban J connectivity index is 1.69. The Labute approximate surface area is 157 Å². The Hall–Kier alpha value is -2.73. The molecule has 0 aliphatic heterocycles. The van der Waals surface area contributed by atoms with Gasteiger partial charge in [-0.1, -0.05) is 43.3 Å². The summed E-state index contributed by atoms with van der Waals surface area (Å²) < 4.78 is 5.29. The lowest BCUT2D eigenvalue weighted by atomic mass is 9.96. The molecule has 0 spiro atoms. The van der Waals surface area contributed by atoms with Gasteiger partial charge in [-0.2, -0.15) is 0 Å². The first-order chi connectivity index (χ1) is 12.7. The maximum Gasteiger partial charge on any atom is 0.233 e. The molecule has 1 unspecified atom stereocenters. The second-order valence-corrected chi connectivity index (χ2v) is 6.96. The van der Waals surface area contributed by atoms with Crippen LogP contribution in [0.5, 0.6) is 5.88 Å². The lowest BCUT2D eigenvalue weighted by molar-refractivity contribution is -0.117. The number of hydrogen-bond acceptors (Lipinski definition) is 5. The number of nitrogens with one attached hydrogen (secondary N) is 1. The van der Waals surface area contributed by atoms with Gasteiger partial charge < -0.3 is 10.1 Å². The van der Waals surface area contributed by atoms with E-state index in [1.807, 2.05) is 49.4 Å². The zero-order chi connectivity index (χ0) is 18.4. The molecule has 1 atom stereocenters. The summed E-state index contributed by atoms with van der Waals surface area (Å²) in [6, 6.07) is 13.7. The van der Waals surface area contributed by atoms with Crippen LogP contribution in [-0.4, -0.2) is 23.0 Å². The molecule has 2 heterocycles. The van der Waals surface area contributed by atoms with Crippen molar-refractivity contribution in [2.24, 2.45) is 0 Å². The van der Waals surface area contributed by atoms with Crippen molar-refractivity contribution in [2.75, 3.05) is 12.4 Å². The Bertz CT molecular complexity index is 864. The predicted molar refractivity (Wildman–Crippen MR) is 104 cm³/mol. The maximum atomic E-state index is 12.6. The summed E-state index contributed by atoms with van der Waals surface area (Å²) in [7, 11) is 1.61. The number of pyridine rings is 1. The van der Waals surface area contributed by atoms with Crippen LogP contribution in [0.3, 0.4) is 0 Å². The molecule has 0 saturated carbocycles. The zero-order valence-electron chi connectivity index (χ0n) is 14.8. The predicted octanol–water partition coefficient (Wildman–Crippen LogP) is 4.27. The van der Waals surface area contributed by atoms with Crippen LogP contribution >= 0.6 is 11.3 Å². The highest BCUT2D eigenvalue weighted by atomic mass is 32.1. The summed E-state index contributed by atoms with van der Waals surface area (Å²) >= 11 is 1.47. The lowest BCUT2D eigenvalue weighted by Crippen LogP contribution is -2.20. The van der Waals surface area contributed by atoms with Crippen molar-refractivity contribution in [1.82, 2.24) is 9.97 Å². The summed E-state index contributed by atoms with van der Waals surface area (Å²) in [5, 5.41) is 3.56. The van der Waals surface area contributed by atoms with Crippen LogP contribution in [0.4, 0.5) is 5.13 Å². The first kappa shape index (κ1) is 18.1. The van der Waals surface area contributed by atoms with Gasteiger partial charge >= 0.3 is 0 Å². The molecule has 134 valence electrons. The van der Waals surface area contributed by atoms with Crippen molar-refractivity contribution in [2.45, 2.75) is 25.7 Å². The van der Waals surface area contributed by atoms with Gasteiger partial charge in [0.05, 0.1) is 13.0 Å². The number of aromatic nitrogens is 2. The van der Waals surface area contributed by atoms with Gasteiger partial charge in [0.2, 0.25) is 11.8 Å². The summed E-state index contributed by atoms with van der Waals surface area (Å²) in [4.78, 5) is 22.2. The summed E-state index contributed by atoms with van der Waals surface area (Å²) in [6.45, 7) is 2.01. The number of rotatable bonds is 7. The SMILES string of the molecule is CCC(C(=O)Nc1ncc(Cc2cccnc2OC)s1)c1ccccc1. The molecule has 1 amide bonds. The summed E-state index contributed by atoms with van der Waals surface area (Å²) in [5.74, 6) is 0.405. The molecule has 0 bridgehead atoms. The van der Waals surface area contributed by atoms with E-state index < -0.39 is 0 Å². The Morgan fingerprint density at radius 3 is 2.73 bits per heavy atom. The van der Waals surface area contributed by atoms with Crippen LogP contribution in [0.15, 0.2) is 54.9 Å². The van der Waals surface area contributed by atoms with E-state index in [0.717, 1.165) is 22.4 Å². The number of carbonyl (C=O) groups excluding carboxylic acids is 1. The van der Waals surface area contributed by atoms with Crippen LogP contribution in [0, 0.1) is 0 Å². The highest BCUT2D eigenvalue weighted by Crippen LogP contribution is 2.26. The zero-order valence-corrected chi connectivity index (χ0v) is 15.6. The molecule has 1 N–H and O–H groups in total. The van der Waals surface area contributed by atoms with E-state index in [1.54, 1.807) is 19.5 Å². The molecule has 0 aliphatic rings. The second-order valence-electron chi connectivity index (χ2n) is 5.84. The van der Waals surface area contributed by atoms with Crippen LogP contribution in [0.2, 0.25) is 0 Å². The summed E-state index contributed by atoms with van der Waals surface area (Å²) in [6.07, 6.45) is 4.90. The summed E-state index contributed by atoms with van der Waals surface area (Å²) in [5.41, 5.74) is 2.01. The molecular formula is C20H21N3O2S. The van der Waals surface area contributed by atoms with Crippen LogP contribution in [-0.2, 0) is 11.2 Å². The van der Waals surface area contributed by atoms with Crippen LogP contribution < -0.4 is 10.1 Å². The fraction of sp³-hybridized carbons (Fsp3) is 0.250. The second kappa shape index (κ2) is 8.58. The van der Waals surface area contributed by atoms with E-state index >= 15 is 0 Å². The molecule has 26 heavy (non-hydrogen) atoms. The molecule has 0 aliphatic carbocycles. The number of amides is 1. The van der Waals surface area contributed by atoms with Gasteiger partial charge in [0.25, 0.3) is 0 Å². The van der Waals surface area contributed by atoms with Crippen molar-refractivity contribution in [3.63, 3.8) is 0 Å². The number of thiazole rings is 1. The molecule has 6 heteroatoms. The van der Waals surface area contributed by atoms with E-state index in [0.29, 0.717) is 17.4 Å². The van der Waals surface area contributed by atoms with Crippen molar-refractivity contribution in [1.29, 1.82) is 0 Å². The first-order valence-corrected chi connectivity index (χ1v) is 9.31. The molecule has 3 rings (SSSR count). The number of carbonyl (C=O) groups is 1. The van der Waals surface area contributed by atoms with Crippen LogP contribution in [0.25, 0.3) is 0 Å². The number of hydrogen-bond donors (Lipinski definition) is 1. The number of anilines is 1. The quantitative estimate of drug-likeness (QED) is 0.677. The molecule has 0 radical (unpaired) electrons. The number of ether oxygens (including phenoxy) is 1. The standard InChI is InChI=1S/C20H21N3O2S/c1-3-17(14-8-5-4-6-9-14)18(24)23-20-22-13-16(26-20)12-15-10-7-11-21-19(15)25-2/h4-11,13,17H,3,12H2,1-2H3,(H,22,23,24). The van der Waals surface area contributed by atoms with Crippen molar-refractivity contribution in [3.8, 4) is 5.88 Å². The van der Waals surface area contributed by atoms with Gasteiger partial charge in [-0.05, 0) is 18.1 Å².